The molecule has 1 aliphatic rings. The second-order valence-corrected chi connectivity index (χ2v) is 4.21. The van der Waals surface area contributed by atoms with E-state index in [1.54, 1.807) is 0 Å². The maximum atomic E-state index is 13.6. The van der Waals surface area contributed by atoms with E-state index >= 15 is 0 Å². The Hall–Kier alpha value is -1.74. The monoisotopic (exact) mass is 231 g/mol. The van der Waals surface area contributed by atoms with Crippen LogP contribution in [0.4, 0.5) is 8.78 Å². The molecule has 1 N–H and O–H groups in total. The van der Waals surface area contributed by atoms with Crippen LogP contribution in [0.5, 0.6) is 0 Å². The molecule has 0 atom stereocenters. The van der Waals surface area contributed by atoms with Gasteiger partial charge in [0.25, 0.3) is 0 Å². The topological polar surface area (TPSA) is 12.0 Å². The van der Waals surface area contributed by atoms with Crippen LogP contribution in [-0.4, -0.2) is 0 Å². The van der Waals surface area contributed by atoms with Crippen molar-refractivity contribution in [1.82, 2.24) is 5.32 Å². The summed E-state index contributed by atoms with van der Waals surface area (Å²) in [4.78, 5) is 0. The Balaban J connectivity index is 2.12. The molecule has 3 rings (SSSR count). The smallest absolute Gasteiger partial charge is 0.131 e. The van der Waals surface area contributed by atoms with E-state index in [0.29, 0.717) is 5.56 Å². The molecule has 0 aromatic heterocycles. The van der Waals surface area contributed by atoms with Gasteiger partial charge in [-0.25, -0.2) is 8.78 Å². The van der Waals surface area contributed by atoms with Crippen molar-refractivity contribution >= 4 is 0 Å². The minimum Gasteiger partial charge on any atom is -0.309 e. The van der Waals surface area contributed by atoms with Crippen molar-refractivity contribution < 1.29 is 8.78 Å². The number of halogens is 2. The zero-order valence-electron chi connectivity index (χ0n) is 9.13. The lowest BCUT2D eigenvalue weighted by Crippen LogP contribution is -1.99. The summed E-state index contributed by atoms with van der Waals surface area (Å²) in [6, 6.07) is 9.26. The first-order chi connectivity index (χ1) is 8.24. The number of hydrogen-bond donors (Lipinski definition) is 1. The van der Waals surface area contributed by atoms with E-state index in [1.807, 2.05) is 18.2 Å². The summed E-state index contributed by atoms with van der Waals surface area (Å²) in [5.74, 6) is -0.808. The highest BCUT2D eigenvalue weighted by Gasteiger charge is 2.12. The van der Waals surface area contributed by atoms with Crippen LogP contribution in [0.3, 0.4) is 0 Å². The van der Waals surface area contributed by atoms with Gasteiger partial charge < -0.3 is 5.32 Å². The molecule has 17 heavy (non-hydrogen) atoms. The van der Waals surface area contributed by atoms with Crippen LogP contribution in [0.25, 0.3) is 11.1 Å². The van der Waals surface area contributed by atoms with Crippen LogP contribution in [0, 0.1) is 11.6 Å². The van der Waals surface area contributed by atoms with Gasteiger partial charge in [0.1, 0.15) is 11.6 Å². The van der Waals surface area contributed by atoms with E-state index in [4.69, 9.17) is 0 Å². The van der Waals surface area contributed by atoms with Gasteiger partial charge in [0, 0.05) is 18.7 Å². The van der Waals surface area contributed by atoms with E-state index < -0.39 is 11.6 Å². The fourth-order valence-electron chi connectivity index (χ4n) is 2.18. The van der Waals surface area contributed by atoms with Crippen LogP contribution in [0.1, 0.15) is 11.1 Å². The number of rotatable bonds is 1. The molecule has 0 bridgehead atoms. The summed E-state index contributed by atoms with van der Waals surface area (Å²) >= 11 is 0. The van der Waals surface area contributed by atoms with Gasteiger partial charge in [-0.05, 0) is 41.0 Å². The molecule has 0 aliphatic carbocycles. The first-order valence-corrected chi connectivity index (χ1v) is 5.52. The highest BCUT2D eigenvalue weighted by molar-refractivity contribution is 5.66. The molecule has 3 heteroatoms. The van der Waals surface area contributed by atoms with Gasteiger partial charge >= 0.3 is 0 Å². The van der Waals surface area contributed by atoms with Crippen LogP contribution >= 0.6 is 0 Å². The predicted molar refractivity (Wildman–Crippen MR) is 62.3 cm³/mol. The van der Waals surface area contributed by atoms with E-state index in [1.165, 1.54) is 11.6 Å². The fourth-order valence-corrected chi connectivity index (χ4v) is 2.18. The second-order valence-electron chi connectivity index (χ2n) is 4.21. The van der Waals surface area contributed by atoms with E-state index in [-0.39, 0.29) is 0 Å². The highest BCUT2D eigenvalue weighted by Crippen LogP contribution is 2.27. The molecule has 86 valence electrons. The average molecular weight is 231 g/mol. The lowest BCUT2D eigenvalue weighted by Gasteiger charge is -2.06. The van der Waals surface area contributed by atoms with Gasteiger partial charge in [-0.2, -0.15) is 0 Å². The third-order valence-electron chi connectivity index (χ3n) is 3.08. The lowest BCUT2D eigenvalue weighted by molar-refractivity contribution is 0.603. The molecule has 1 aliphatic heterocycles. The van der Waals surface area contributed by atoms with Crippen molar-refractivity contribution in [2.45, 2.75) is 13.1 Å². The summed E-state index contributed by atoms with van der Waals surface area (Å²) in [6.45, 7) is 1.64. The maximum absolute atomic E-state index is 13.6. The molecule has 0 radical (unpaired) electrons. The summed E-state index contributed by atoms with van der Waals surface area (Å²) in [5, 5.41) is 3.22. The Morgan fingerprint density at radius 3 is 2.59 bits per heavy atom. The summed E-state index contributed by atoms with van der Waals surface area (Å²) < 4.78 is 26.8. The lowest BCUT2D eigenvalue weighted by atomic mass is 10.00. The van der Waals surface area contributed by atoms with Crippen LogP contribution in [-0.2, 0) is 13.1 Å². The molecule has 0 amide bonds. The number of hydrogen-bond acceptors (Lipinski definition) is 1. The summed E-state index contributed by atoms with van der Waals surface area (Å²) in [6.07, 6.45) is 0. The first-order valence-electron chi connectivity index (χ1n) is 5.52. The fraction of sp³-hybridized carbons (Fsp3) is 0.143. The van der Waals surface area contributed by atoms with E-state index in [9.17, 15) is 8.78 Å². The standard InChI is InChI=1S/C14H11F2N/c15-12-3-4-14(16)13(6-12)9-1-2-10-7-17-8-11(10)5-9/h1-6,17H,7-8H2. The van der Waals surface area contributed by atoms with Gasteiger partial charge in [0.05, 0.1) is 0 Å². The third kappa shape index (κ3) is 1.83. The van der Waals surface area contributed by atoms with Gasteiger partial charge in [0.15, 0.2) is 0 Å². The van der Waals surface area contributed by atoms with Crippen molar-refractivity contribution in [3.05, 3.63) is 59.2 Å². The highest BCUT2D eigenvalue weighted by atomic mass is 19.1. The Morgan fingerprint density at radius 2 is 1.71 bits per heavy atom. The van der Waals surface area contributed by atoms with Gasteiger partial charge in [-0.15, -0.1) is 0 Å². The van der Waals surface area contributed by atoms with Gasteiger partial charge in [0.2, 0.25) is 0 Å². The quantitative estimate of drug-likeness (QED) is 0.794. The molecular formula is C14H11F2N. The van der Waals surface area contributed by atoms with Crippen LogP contribution < -0.4 is 5.32 Å². The molecule has 0 unspecified atom stereocenters. The van der Waals surface area contributed by atoms with E-state index in [2.05, 4.69) is 5.32 Å². The van der Waals surface area contributed by atoms with Crippen LogP contribution in [0.2, 0.25) is 0 Å². The predicted octanol–water partition coefficient (Wildman–Crippen LogP) is 3.24. The largest absolute Gasteiger partial charge is 0.309 e. The Morgan fingerprint density at radius 1 is 0.882 bits per heavy atom. The van der Waals surface area contributed by atoms with Gasteiger partial charge in [-0.3, -0.25) is 0 Å². The molecule has 0 saturated heterocycles. The molecule has 0 spiro atoms. The first kappa shape index (κ1) is 10.4. The zero-order chi connectivity index (χ0) is 11.8. The number of benzene rings is 2. The maximum Gasteiger partial charge on any atom is 0.131 e. The summed E-state index contributed by atoms with van der Waals surface area (Å²) in [5.41, 5.74) is 3.43. The second kappa shape index (κ2) is 3.93. The Labute approximate surface area is 98.1 Å². The minimum atomic E-state index is -0.417. The van der Waals surface area contributed by atoms with Crippen molar-refractivity contribution in [1.29, 1.82) is 0 Å². The molecule has 0 fully saturated rings. The summed E-state index contributed by atoms with van der Waals surface area (Å²) in [7, 11) is 0. The van der Waals surface area contributed by atoms with E-state index in [0.717, 1.165) is 36.3 Å². The molecule has 1 heterocycles. The average Bonchev–Trinajstić information content (AvgIpc) is 2.79. The number of fused-ring (bicyclic) bond motifs is 1. The van der Waals surface area contributed by atoms with Crippen LogP contribution in [0.15, 0.2) is 36.4 Å². The van der Waals surface area contributed by atoms with Gasteiger partial charge in [-0.1, -0.05) is 12.1 Å². The Bertz CT molecular complexity index is 578. The van der Waals surface area contributed by atoms with Crippen molar-refractivity contribution in [2.24, 2.45) is 0 Å². The van der Waals surface area contributed by atoms with Crippen molar-refractivity contribution in [3.63, 3.8) is 0 Å². The SMILES string of the molecule is Fc1ccc(F)c(-c2ccc3c(c2)CNC3)c1. The minimum absolute atomic E-state index is 0.319. The molecule has 2 aromatic carbocycles. The molecule has 2 aromatic rings. The third-order valence-corrected chi connectivity index (χ3v) is 3.08. The normalized spacial score (nSPS) is 13.8. The van der Waals surface area contributed by atoms with Crippen molar-refractivity contribution in [2.75, 3.05) is 0 Å². The number of nitrogens with one attached hydrogen (secondary N) is 1. The van der Waals surface area contributed by atoms with Crippen molar-refractivity contribution in [3.8, 4) is 11.1 Å². The zero-order valence-corrected chi connectivity index (χ0v) is 9.13. The Kier molecular flexibility index (Phi) is 2.41. The molecular weight excluding hydrogens is 220 g/mol. The molecule has 0 saturated carbocycles. The molecule has 1 nitrogen and oxygen atoms in total.